The predicted octanol–water partition coefficient (Wildman–Crippen LogP) is 2.35. The Hall–Kier alpha value is -2.24. The number of carbonyl (C=O) groups is 2. The summed E-state index contributed by atoms with van der Waals surface area (Å²) in [6.07, 6.45) is 2.12. The van der Waals surface area contributed by atoms with Crippen LogP contribution in [-0.4, -0.2) is 43.3 Å². The zero-order chi connectivity index (χ0) is 16.1. The number of aromatic hydroxyl groups is 1. The van der Waals surface area contributed by atoms with E-state index in [1.54, 1.807) is 26.0 Å². The fourth-order valence-electron chi connectivity index (χ4n) is 2.51. The Morgan fingerprint density at radius 1 is 1.05 bits per heavy atom. The van der Waals surface area contributed by atoms with Crippen molar-refractivity contribution in [2.75, 3.05) is 31.2 Å². The van der Waals surface area contributed by atoms with E-state index < -0.39 is 11.9 Å². The quantitative estimate of drug-likeness (QED) is 0.842. The van der Waals surface area contributed by atoms with E-state index in [1.807, 2.05) is 0 Å². The van der Waals surface area contributed by atoms with Gasteiger partial charge in [0.1, 0.15) is 16.9 Å². The number of rotatable bonds is 5. The number of hydrogen-bond donors (Lipinski definition) is 1. The molecule has 0 radical (unpaired) electrons. The first-order chi connectivity index (χ1) is 10.6. The zero-order valence-corrected chi connectivity index (χ0v) is 12.9. The highest BCUT2D eigenvalue weighted by Crippen LogP contribution is 2.32. The summed E-state index contributed by atoms with van der Waals surface area (Å²) in [6.45, 7) is 5.48. The van der Waals surface area contributed by atoms with E-state index in [0.29, 0.717) is 0 Å². The number of esters is 2. The second kappa shape index (κ2) is 7.15. The van der Waals surface area contributed by atoms with Crippen LogP contribution >= 0.6 is 0 Å². The Morgan fingerprint density at radius 3 is 1.91 bits per heavy atom. The van der Waals surface area contributed by atoms with Crippen molar-refractivity contribution >= 4 is 17.6 Å². The van der Waals surface area contributed by atoms with Crippen LogP contribution in [-0.2, 0) is 9.47 Å². The number of nitrogens with zero attached hydrogens (tertiary/aromatic N) is 1. The molecular formula is C16H21NO5. The molecule has 0 bridgehead atoms. The third-order valence-electron chi connectivity index (χ3n) is 3.56. The van der Waals surface area contributed by atoms with Crippen molar-refractivity contribution in [1.29, 1.82) is 0 Å². The molecule has 0 saturated carbocycles. The zero-order valence-electron chi connectivity index (χ0n) is 12.9. The lowest BCUT2D eigenvalue weighted by Gasteiger charge is -2.20. The molecule has 1 aliphatic heterocycles. The Kier molecular flexibility index (Phi) is 5.25. The van der Waals surface area contributed by atoms with Crippen LogP contribution in [0.1, 0.15) is 47.4 Å². The van der Waals surface area contributed by atoms with Gasteiger partial charge in [-0.1, -0.05) is 0 Å². The summed E-state index contributed by atoms with van der Waals surface area (Å²) in [7, 11) is 0. The topological polar surface area (TPSA) is 76.1 Å². The Labute approximate surface area is 129 Å². The van der Waals surface area contributed by atoms with Gasteiger partial charge in [-0.3, -0.25) is 0 Å². The monoisotopic (exact) mass is 307 g/mol. The van der Waals surface area contributed by atoms with Gasteiger partial charge < -0.3 is 19.5 Å². The molecule has 0 spiro atoms. The molecule has 0 amide bonds. The third kappa shape index (κ3) is 3.32. The number of hydrogen-bond acceptors (Lipinski definition) is 6. The van der Waals surface area contributed by atoms with Gasteiger partial charge in [0.2, 0.25) is 0 Å². The predicted molar refractivity (Wildman–Crippen MR) is 81.5 cm³/mol. The van der Waals surface area contributed by atoms with Crippen molar-refractivity contribution in [2.45, 2.75) is 26.7 Å². The highest BCUT2D eigenvalue weighted by Gasteiger charge is 2.24. The van der Waals surface area contributed by atoms with Crippen molar-refractivity contribution in [3.8, 4) is 5.75 Å². The van der Waals surface area contributed by atoms with Crippen LogP contribution in [0.2, 0.25) is 0 Å². The Morgan fingerprint density at radius 2 is 1.50 bits per heavy atom. The van der Waals surface area contributed by atoms with E-state index in [-0.39, 0.29) is 30.1 Å². The molecule has 1 fully saturated rings. The summed E-state index contributed by atoms with van der Waals surface area (Å²) in [6, 6.07) is 3.14. The van der Waals surface area contributed by atoms with Gasteiger partial charge in [-0.05, 0) is 38.8 Å². The van der Waals surface area contributed by atoms with Gasteiger partial charge >= 0.3 is 11.9 Å². The van der Waals surface area contributed by atoms with E-state index in [2.05, 4.69) is 4.90 Å². The molecule has 1 N–H and O–H groups in total. The van der Waals surface area contributed by atoms with Crippen molar-refractivity contribution in [2.24, 2.45) is 0 Å². The summed E-state index contributed by atoms with van der Waals surface area (Å²) in [5, 5.41) is 10.2. The maximum absolute atomic E-state index is 12.0. The van der Waals surface area contributed by atoms with E-state index in [0.717, 1.165) is 31.6 Å². The van der Waals surface area contributed by atoms with Crippen LogP contribution in [0.15, 0.2) is 12.1 Å². The van der Waals surface area contributed by atoms with Gasteiger partial charge in [0.25, 0.3) is 0 Å². The van der Waals surface area contributed by atoms with Crippen LogP contribution in [0.3, 0.4) is 0 Å². The molecule has 22 heavy (non-hydrogen) atoms. The average molecular weight is 307 g/mol. The lowest BCUT2D eigenvalue weighted by atomic mass is 10.1. The first-order valence-corrected chi connectivity index (χ1v) is 7.54. The highest BCUT2D eigenvalue weighted by atomic mass is 16.5. The van der Waals surface area contributed by atoms with Crippen LogP contribution in [0.5, 0.6) is 5.75 Å². The van der Waals surface area contributed by atoms with Gasteiger partial charge in [-0.15, -0.1) is 0 Å². The molecule has 6 nitrogen and oxygen atoms in total. The molecule has 1 aromatic carbocycles. The summed E-state index contributed by atoms with van der Waals surface area (Å²) in [4.78, 5) is 26.1. The largest absolute Gasteiger partial charge is 0.506 e. The normalized spacial score (nSPS) is 14.0. The average Bonchev–Trinajstić information content (AvgIpc) is 3.02. The van der Waals surface area contributed by atoms with Crippen molar-refractivity contribution in [1.82, 2.24) is 0 Å². The van der Waals surface area contributed by atoms with E-state index in [9.17, 15) is 14.7 Å². The Balaban J connectivity index is 2.46. The van der Waals surface area contributed by atoms with Crippen LogP contribution in [0.25, 0.3) is 0 Å². The van der Waals surface area contributed by atoms with Crippen molar-refractivity contribution < 1.29 is 24.2 Å². The van der Waals surface area contributed by atoms with Gasteiger partial charge in [0, 0.05) is 18.8 Å². The molecule has 0 aliphatic carbocycles. The minimum absolute atomic E-state index is 0.00527. The lowest BCUT2D eigenvalue weighted by Crippen LogP contribution is -2.20. The molecule has 0 atom stereocenters. The summed E-state index contributed by atoms with van der Waals surface area (Å²) in [5.74, 6) is -1.68. The molecule has 0 aromatic heterocycles. The fourth-order valence-corrected chi connectivity index (χ4v) is 2.51. The molecule has 1 heterocycles. The smallest absolute Gasteiger partial charge is 0.342 e. The number of benzene rings is 1. The summed E-state index contributed by atoms with van der Waals surface area (Å²) < 4.78 is 9.90. The third-order valence-corrected chi connectivity index (χ3v) is 3.56. The van der Waals surface area contributed by atoms with Crippen LogP contribution < -0.4 is 4.90 Å². The molecule has 0 unspecified atom stereocenters. The maximum atomic E-state index is 12.0. The number of carbonyl (C=O) groups excluding carboxylic acids is 2. The number of phenolic OH excluding ortho intramolecular Hbond substituents is 1. The van der Waals surface area contributed by atoms with Crippen molar-refractivity contribution in [3.05, 3.63) is 23.3 Å². The lowest BCUT2D eigenvalue weighted by molar-refractivity contribution is 0.0519. The maximum Gasteiger partial charge on any atom is 0.342 e. The summed E-state index contributed by atoms with van der Waals surface area (Å²) >= 11 is 0. The molecule has 1 saturated heterocycles. The first-order valence-electron chi connectivity index (χ1n) is 7.54. The first kappa shape index (κ1) is 16.1. The molecule has 2 rings (SSSR count). The van der Waals surface area contributed by atoms with Crippen molar-refractivity contribution in [3.63, 3.8) is 0 Å². The summed E-state index contributed by atoms with van der Waals surface area (Å²) in [5.41, 5.74) is 0.713. The molecule has 1 aromatic rings. The minimum atomic E-state index is -0.647. The second-order valence-electron chi connectivity index (χ2n) is 5.02. The molecule has 6 heteroatoms. The number of ether oxygens (including phenoxy) is 2. The fraction of sp³-hybridized carbons (Fsp3) is 0.500. The van der Waals surface area contributed by atoms with Gasteiger partial charge in [-0.2, -0.15) is 0 Å². The van der Waals surface area contributed by atoms with Gasteiger partial charge in [0.05, 0.1) is 13.2 Å². The minimum Gasteiger partial charge on any atom is -0.506 e. The molecular weight excluding hydrogens is 286 g/mol. The number of anilines is 1. The van der Waals surface area contributed by atoms with Gasteiger partial charge in [-0.25, -0.2) is 9.59 Å². The van der Waals surface area contributed by atoms with Crippen LogP contribution in [0.4, 0.5) is 5.69 Å². The van der Waals surface area contributed by atoms with Gasteiger partial charge in [0.15, 0.2) is 0 Å². The standard InChI is InChI=1S/C16H21NO5/c1-3-21-15(19)12-9-11(17-7-5-6-8-17)10-13(14(12)18)16(20)22-4-2/h9-10,18H,3-8H2,1-2H3. The highest BCUT2D eigenvalue weighted by molar-refractivity contribution is 6.01. The van der Waals surface area contributed by atoms with Crippen LogP contribution in [0, 0.1) is 0 Å². The molecule has 120 valence electrons. The second-order valence-corrected chi connectivity index (χ2v) is 5.02. The van der Waals surface area contributed by atoms with E-state index >= 15 is 0 Å². The number of phenols is 1. The van der Waals surface area contributed by atoms with E-state index in [4.69, 9.17) is 9.47 Å². The van der Waals surface area contributed by atoms with E-state index in [1.165, 1.54) is 0 Å². The Bertz CT molecular complexity index is 525. The molecule has 1 aliphatic rings. The SMILES string of the molecule is CCOC(=O)c1cc(N2CCCC2)cc(C(=O)OCC)c1O.